The molecule has 1 N–H and O–H groups in total. The lowest BCUT2D eigenvalue weighted by Gasteiger charge is -2.31. The van der Waals surface area contributed by atoms with Crippen LogP contribution in [0.15, 0.2) is 18.2 Å². The Morgan fingerprint density at radius 1 is 1.35 bits per heavy atom. The average molecular weight is 280 g/mol. The van der Waals surface area contributed by atoms with Gasteiger partial charge < -0.3 is 15.0 Å². The molecule has 0 aliphatic carbocycles. The fourth-order valence-electron chi connectivity index (χ4n) is 2.72. The topological polar surface area (TPSA) is 24.5 Å². The lowest BCUT2D eigenvalue weighted by atomic mass is 9.97. The van der Waals surface area contributed by atoms with Crippen LogP contribution in [0.2, 0.25) is 0 Å². The molecule has 1 aromatic rings. The van der Waals surface area contributed by atoms with E-state index >= 15 is 0 Å². The SMILES string of the molecule is CCN1CCC(CNCc2ccc(OC)cc2F)CC1. The molecule has 1 heterocycles. The van der Waals surface area contributed by atoms with Crippen LogP contribution >= 0.6 is 0 Å². The number of rotatable bonds is 6. The summed E-state index contributed by atoms with van der Waals surface area (Å²) >= 11 is 0. The number of ether oxygens (including phenoxy) is 1. The van der Waals surface area contributed by atoms with E-state index in [1.165, 1.54) is 32.0 Å². The van der Waals surface area contributed by atoms with Crippen LogP contribution in [0.1, 0.15) is 25.3 Å². The Kier molecular flexibility index (Phi) is 5.80. The molecule has 0 bridgehead atoms. The number of hydrogen-bond donors (Lipinski definition) is 1. The van der Waals surface area contributed by atoms with Crippen LogP contribution in [0.5, 0.6) is 5.75 Å². The maximum Gasteiger partial charge on any atom is 0.131 e. The van der Waals surface area contributed by atoms with Gasteiger partial charge in [0.1, 0.15) is 11.6 Å². The summed E-state index contributed by atoms with van der Waals surface area (Å²) in [6.07, 6.45) is 2.48. The van der Waals surface area contributed by atoms with Crippen molar-refractivity contribution in [2.75, 3.05) is 33.3 Å². The molecule has 3 nitrogen and oxygen atoms in total. The van der Waals surface area contributed by atoms with Gasteiger partial charge in [-0.15, -0.1) is 0 Å². The van der Waals surface area contributed by atoms with Crippen molar-refractivity contribution in [1.82, 2.24) is 10.2 Å². The van der Waals surface area contributed by atoms with Gasteiger partial charge in [0.2, 0.25) is 0 Å². The van der Waals surface area contributed by atoms with Crippen LogP contribution in [0.4, 0.5) is 4.39 Å². The van der Waals surface area contributed by atoms with E-state index in [2.05, 4.69) is 17.1 Å². The Morgan fingerprint density at radius 3 is 2.70 bits per heavy atom. The molecule has 4 heteroatoms. The zero-order valence-corrected chi connectivity index (χ0v) is 12.5. The average Bonchev–Trinajstić information content (AvgIpc) is 2.49. The van der Waals surface area contributed by atoms with Gasteiger partial charge in [0.25, 0.3) is 0 Å². The molecule has 1 aromatic carbocycles. The van der Waals surface area contributed by atoms with Crippen molar-refractivity contribution in [3.05, 3.63) is 29.6 Å². The van der Waals surface area contributed by atoms with Crippen LogP contribution in [0.25, 0.3) is 0 Å². The van der Waals surface area contributed by atoms with E-state index in [4.69, 9.17) is 4.74 Å². The van der Waals surface area contributed by atoms with Gasteiger partial charge in [-0.2, -0.15) is 0 Å². The van der Waals surface area contributed by atoms with Gasteiger partial charge in [0.15, 0.2) is 0 Å². The van der Waals surface area contributed by atoms with Crippen molar-refractivity contribution in [3.63, 3.8) is 0 Å². The maximum atomic E-state index is 13.8. The highest BCUT2D eigenvalue weighted by molar-refractivity contribution is 5.28. The molecule has 1 aliphatic rings. The molecule has 0 saturated carbocycles. The normalized spacial score (nSPS) is 17.4. The molecule has 0 aromatic heterocycles. The predicted molar refractivity (Wildman–Crippen MR) is 79.5 cm³/mol. The minimum absolute atomic E-state index is 0.197. The van der Waals surface area contributed by atoms with E-state index in [-0.39, 0.29) is 5.82 Å². The Bertz CT molecular complexity index is 417. The molecule has 0 atom stereocenters. The summed E-state index contributed by atoms with van der Waals surface area (Å²) in [5.74, 6) is 1.09. The Labute approximate surface area is 121 Å². The van der Waals surface area contributed by atoms with Crippen molar-refractivity contribution < 1.29 is 9.13 Å². The largest absolute Gasteiger partial charge is 0.497 e. The first kappa shape index (κ1) is 15.3. The molecular formula is C16H25FN2O. The third-order valence-electron chi connectivity index (χ3n) is 4.16. The molecule has 0 radical (unpaired) electrons. The van der Waals surface area contributed by atoms with Crippen molar-refractivity contribution in [2.24, 2.45) is 5.92 Å². The Morgan fingerprint density at radius 2 is 2.10 bits per heavy atom. The number of nitrogens with zero attached hydrogens (tertiary/aromatic N) is 1. The predicted octanol–water partition coefficient (Wildman–Crippen LogP) is 2.66. The van der Waals surface area contributed by atoms with E-state index in [0.29, 0.717) is 17.9 Å². The van der Waals surface area contributed by atoms with Crippen LogP contribution in [0.3, 0.4) is 0 Å². The molecule has 1 saturated heterocycles. The summed E-state index contributed by atoms with van der Waals surface area (Å²) in [5, 5.41) is 3.38. The van der Waals surface area contributed by atoms with Crippen molar-refractivity contribution in [1.29, 1.82) is 0 Å². The standard InChI is InChI=1S/C16H25FN2O/c1-3-19-8-6-13(7-9-19)11-18-12-14-4-5-15(20-2)10-16(14)17/h4-5,10,13,18H,3,6-9,11-12H2,1-2H3. The highest BCUT2D eigenvalue weighted by Crippen LogP contribution is 2.18. The van der Waals surface area contributed by atoms with E-state index in [9.17, 15) is 4.39 Å². The summed E-state index contributed by atoms with van der Waals surface area (Å²) < 4.78 is 18.8. The summed E-state index contributed by atoms with van der Waals surface area (Å²) in [7, 11) is 1.55. The summed E-state index contributed by atoms with van der Waals surface area (Å²) in [6, 6.07) is 5.04. The molecule has 2 rings (SSSR count). The number of methoxy groups -OCH3 is 1. The minimum Gasteiger partial charge on any atom is -0.497 e. The number of benzene rings is 1. The minimum atomic E-state index is -0.197. The third kappa shape index (κ3) is 4.18. The van der Waals surface area contributed by atoms with Gasteiger partial charge in [-0.05, 0) is 51.0 Å². The molecule has 0 amide bonds. The van der Waals surface area contributed by atoms with E-state index < -0.39 is 0 Å². The van der Waals surface area contributed by atoms with Crippen LogP contribution in [-0.2, 0) is 6.54 Å². The van der Waals surface area contributed by atoms with Crippen molar-refractivity contribution in [3.8, 4) is 5.75 Å². The molecule has 112 valence electrons. The third-order valence-corrected chi connectivity index (χ3v) is 4.16. The molecule has 0 unspecified atom stereocenters. The van der Waals surface area contributed by atoms with Crippen LogP contribution in [0, 0.1) is 11.7 Å². The van der Waals surface area contributed by atoms with Gasteiger partial charge in [-0.1, -0.05) is 13.0 Å². The fraction of sp³-hybridized carbons (Fsp3) is 0.625. The van der Waals surface area contributed by atoms with Gasteiger partial charge in [0.05, 0.1) is 7.11 Å². The second-order valence-corrected chi connectivity index (χ2v) is 5.47. The lowest BCUT2D eigenvalue weighted by Crippen LogP contribution is -2.37. The molecular weight excluding hydrogens is 255 g/mol. The number of hydrogen-bond acceptors (Lipinski definition) is 3. The van der Waals surface area contributed by atoms with Gasteiger partial charge in [0, 0.05) is 18.2 Å². The van der Waals surface area contributed by atoms with E-state index in [1.807, 2.05) is 0 Å². The Balaban J connectivity index is 1.73. The summed E-state index contributed by atoms with van der Waals surface area (Å²) in [4.78, 5) is 2.49. The highest BCUT2D eigenvalue weighted by atomic mass is 19.1. The number of halogens is 1. The van der Waals surface area contributed by atoms with Gasteiger partial charge in [-0.25, -0.2) is 4.39 Å². The first-order chi connectivity index (χ1) is 9.72. The smallest absolute Gasteiger partial charge is 0.131 e. The second-order valence-electron chi connectivity index (χ2n) is 5.47. The van der Waals surface area contributed by atoms with E-state index in [0.717, 1.165) is 19.0 Å². The molecule has 1 fully saturated rings. The molecule has 20 heavy (non-hydrogen) atoms. The van der Waals surface area contributed by atoms with Gasteiger partial charge in [-0.3, -0.25) is 0 Å². The number of nitrogens with one attached hydrogen (secondary N) is 1. The lowest BCUT2D eigenvalue weighted by molar-refractivity contribution is 0.190. The van der Waals surface area contributed by atoms with Crippen molar-refractivity contribution >= 4 is 0 Å². The fourth-order valence-corrected chi connectivity index (χ4v) is 2.72. The van der Waals surface area contributed by atoms with Gasteiger partial charge >= 0.3 is 0 Å². The Hall–Kier alpha value is -1.13. The first-order valence-electron chi connectivity index (χ1n) is 7.48. The first-order valence-corrected chi connectivity index (χ1v) is 7.48. The molecule has 1 aliphatic heterocycles. The summed E-state index contributed by atoms with van der Waals surface area (Å²) in [5.41, 5.74) is 0.705. The quantitative estimate of drug-likeness (QED) is 0.867. The zero-order chi connectivity index (χ0) is 14.4. The maximum absolute atomic E-state index is 13.8. The van der Waals surface area contributed by atoms with E-state index in [1.54, 1.807) is 19.2 Å². The van der Waals surface area contributed by atoms with Crippen LogP contribution < -0.4 is 10.1 Å². The monoisotopic (exact) mass is 280 g/mol. The van der Waals surface area contributed by atoms with Crippen molar-refractivity contribution in [2.45, 2.75) is 26.3 Å². The number of piperidine rings is 1. The summed E-state index contributed by atoms with van der Waals surface area (Å²) in [6.45, 7) is 7.31. The zero-order valence-electron chi connectivity index (χ0n) is 12.5. The van der Waals surface area contributed by atoms with Crippen LogP contribution in [-0.4, -0.2) is 38.2 Å². The second kappa shape index (κ2) is 7.60. The molecule has 0 spiro atoms. The highest BCUT2D eigenvalue weighted by Gasteiger charge is 2.17. The number of likely N-dealkylation sites (tertiary alicyclic amines) is 1.